The maximum Gasteiger partial charge on any atom is 0.0778 e. The Bertz CT molecular complexity index is 654. The minimum Gasteiger partial charge on any atom is -0.379 e. The second-order valence-electron chi connectivity index (χ2n) is 6.94. The van der Waals surface area contributed by atoms with E-state index in [1.807, 2.05) is 7.11 Å². The first-order valence-corrected chi connectivity index (χ1v) is 8.73. The molecule has 1 heterocycles. The van der Waals surface area contributed by atoms with Gasteiger partial charge in [-0.15, -0.1) is 0 Å². The molecule has 2 aromatic carbocycles. The lowest BCUT2D eigenvalue weighted by atomic mass is 9.96. The van der Waals surface area contributed by atoms with E-state index in [-0.39, 0.29) is 0 Å². The Morgan fingerprint density at radius 1 is 1.00 bits per heavy atom. The summed E-state index contributed by atoms with van der Waals surface area (Å²) < 4.78 is 5.80. The molecule has 23 heavy (non-hydrogen) atoms. The standard InChI is InChI=1S/C21H25NO/c1-23-21-15-22(14-20(21)16-7-3-2-4-8-16)13-18-12-11-17-9-5-6-10-19(17)18/h2-10,18,20-21H,11-15H2,1H3. The maximum atomic E-state index is 5.80. The Morgan fingerprint density at radius 3 is 2.61 bits per heavy atom. The molecule has 2 aromatic rings. The molecule has 2 aliphatic rings. The lowest BCUT2D eigenvalue weighted by Gasteiger charge is -2.21. The lowest BCUT2D eigenvalue weighted by Crippen LogP contribution is -2.27. The monoisotopic (exact) mass is 307 g/mol. The summed E-state index contributed by atoms with van der Waals surface area (Å²) >= 11 is 0. The summed E-state index contributed by atoms with van der Waals surface area (Å²) in [4.78, 5) is 2.61. The molecule has 0 radical (unpaired) electrons. The van der Waals surface area contributed by atoms with Crippen LogP contribution in [0.1, 0.15) is 34.9 Å². The zero-order chi connectivity index (χ0) is 15.6. The van der Waals surface area contributed by atoms with Gasteiger partial charge in [-0.3, -0.25) is 4.90 Å². The number of aryl methyl sites for hydroxylation is 1. The molecule has 0 saturated carbocycles. The normalized spacial score (nSPS) is 27.3. The van der Waals surface area contributed by atoms with Gasteiger partial charge in [-0.05, 0) is 35.4 Å². The summed E-state index contributed by atoms with van der Waals surface area (Å²) in [6, 6.07) is 19.8. The average Bonchev–Trinajstić information content (AvgIpc) is 3.20. The first-order valence-electron chi connectivity index (χ1n) is 8.73. The number of rotatable bonds is 4. The van der Waals surface area contributed by atoms with E-state index in [0.717, 1.165) is 13.1 Å². The quantitative estimate of drug-likeness (QED) is 0.851. The zero-order valence-electron chi connectivity index (χ0n) is 13.8. The molecule has 120 valence electrons. The van der Waals surface area contributed by atoms with Crippen LogP contribution in [0.4, 0.5) is 0 Å². The third-order valence-electron chi connectivity index (χ3n) is 5.61. The van der Waals surface area contributed by atoms with Gasteiger partial charge in [-0.25, -0.2) is 0 Å². The molecule has 0 N–H and O–H groups in total. The molecule has 1 saturated heterocycles. The van der Waals surface area contributed by atoms with Crippen LogP contribution >= 0.6 is 0 Å². The molecule has 3 unspecified atom stereocenters. The van der Waals surface area contributed by atoms with Crippen LogP contribution in [0.3, 0.4) is 0 Å². The van der Waals surface area contributed by atoms with Gasteiger partial charge in [-0.1, -0.05) is 54.6 Å². The highest BCUT2D eigenvalue weighted by molar-refractivity contribution is 5.35. The molecule has 0 aromatic heterocycles. The number of hydrogen-bond donors (Lipinski definition) is 0. The zero-order valence-corrected chi connectivity index (χ0v) is 13.8. The Balaban J connectivity index is 1.47. The second-order valence-corrected chi connectivity index (χ2v) is 6.94. The molecule has 4 rings (SSSR count). The lowest BCUT2D eigenvalue weighted by molar-refractivity contribution is 0.0966. The van der Waals surface area contributed by atoms with Crippen LogP contribution in [0.2, 0.25) is 0 Å². The molecule has 1 aliphatic carbocycles. The van der Waals surface area contributed by atoms with Crippen molar-refractivity contribution in [2.75, 3.05) is 26.7 Å². The van der Waals surface area contributed by atoms with E-state index in [9.17, 15) is 0 Å². The topological polar surface area (TPSA) is 12.5 Å². The van der Waals surface area contributed by atoms with Crippen LogP contribution in [0.15, 0.2) is 54.6 Å². The summed E-state index contributed by atoms with van der Waals surface area (Å²) in [6.07, 6.45) is 2.85. The van der Waals surface area contributed by atoms with E-state index in [1.165, 1.54) is 24.9 Å². The summed E-state index contributed by atoms with van der Waals surface area (Å²) in [5.74, 6) is 1.19. The SMILES string of the molecule is COC1CN(CC2CCc3ccccc32)CC1c1ccccc1. The van der Waals surface area contributed by atoms with Gasteiger partial charge in [0.15, 0.2) is 0 Å². The van der Waals surface area contributed by atoms with Gasteiger partial charge in [0, 0.05) is 32.7 Å². The predicted molar refractivity (Wildman–Crippen MR) is 93.9 cm³/mol. The number of methoxy groups -OCH3 is 1. The maximum absolute atomic E-state index is 5.80. The highest BCUT2D eigenvalue weighted by atomic mass is 16.5. The highest BCUT2D eigenvalue weighted by Gasteiger charge is 2.35. The first kappa shape index (κ1) is 14.9. The van der Waals surface area contributed by atoms with Crippen LogP contribution in [0.5, 0.6) is 0 Å². The second kappa shape index (κ2) is 6.46. The van der Waals surface area contributed by atoms with Crippen molar-refractivity contribution in [1.29, 1.82) is 0 Å². The van der Waals surface area contributed by atoms with Crippen molar-refractivity contribution in [2.24, 2.45) is 0 Å². The molecule has 0 spiro atoms. The van der Waals surface area contributed by atoms with Crippen LogP contribution in [0, 0.1) is 0 Å². The molecular weight excluding hydrogens is 282 g/mol. The van der Waals surface area contributed by atoms with Gasteiger partial charge in [0.2, 0.25) is 0 Å². The summed E-state index contributed by atoms with van der Waals surface area (Å²) in [6.45, 7) is 3.33. The Morgan fingerprint density at radius 2 is 1.78 bits per heavy atom. The van der Waals surface area contributed by atoms with Crippen LogP contribution in [0.25, 0.3) is 0 Å². The van der Waals surface area contributed by atoms with Crippen molar-refractivity contribution in [3.05, 3.63) is 71.3 Å². The largest absolute Gasteiger partial charge is 0.379 e. The van der Waals surface area contributed by atoms with Gasteiger partial charge < -0.3 is 4.74 Å². The smallest absolute Gasteiger partial charge is 0.0778 e. The predicted octanol–water partition coefficient (Wildman–Crippen LogP) is 3.83. The van der Waals surface area contributed by atoms with Crippen LogP contribution < -0.4 is 0 Å². The fraction of sp³-hybridized carbons (Fsp3) is 0.429. The van der Waals surface area contributed by atoms with Gasteiger partial charge in [0.1, 0.15) is 0 Å². The number of ether oxygens (including phenoxy) is 1. The first-order chi connectivity index (χ1) is 11.3. The van der Waals surface area contributed by atoms with Gasteiger partial charge in [0.05, 0.1) is 6.10 Å². The third kappa shape index (κ3) is 2.93. The van der Waals surface area contributed by atoms with Gasteiger partial charge in [-0.2, -0.15) is 0 Å². The van der Waals surface area contributed by atoms with Gasteiger partial charge in [0.25, 0.3) is 0 Å². The van der Waals surface area contributed by atoms with E-state index >= 15 is 0 Å². The minimum absolute atomic E-state index is 0.314. The van der Waals surface area contributed by atoms with Crippen molar-refractivity contribution in [1.82, 2.24) is 4.90 Å². The van der Waals surface area contributed by atoms with Crippen LogP contribution in [-0.4, -0.2) is 37.7 Å². The fourth-order valence-corrected chi connectivity index (χ4v) is 4.41. The number of benzene rings is 2. The summed E-state index contributed by atoms with van der Waals surface area (Å²) in [7, 11) is 1.86. The number of likely N-dealkylation sites (tertiary alicyclic amines) is 1. The highest BCUT2D eigenvalue weighted by Crippen LogP contribution is 2.36. The molecule has 2 heteroatoms. The fourth-order valence-electron chi connectivity index (χ4n) is 4.41. The van der Waals surface area contributed by atoms with E-state index in [2.05, 4.69) is 59.5 Å². The molecule has 0 amide bonds. The molecule has 1 fully saturated rings. The van der Waals surface area contributed by atoms with Crippen molar-refractivity contribution in [2.45, 2.75) is 30.8 Å². The van der Waals surface area contributed by atoms with Crippen LogP contribution in [-0.2, 0) is 11.2 Å². The summed E-state index contributed by atoms with van der Waals surface area (Å²) in [5.41, 5.74) is 4.54. The van der Waals surface area contributed by atoms with E-state index < -0.39 is 0 Å². The Hall–Kier alpha value is -1.64. The number of nitrogens with zero attached hydrogens (tertiary/aromatic N) is 1. The molecule has 0 bridgehead atoms. The van der Waals surface area contributed by atoms with Crippen molar-refractivity contribution >= 4 is 0 Å². The van der Waals surface area contributed by atoms with E-state index in [0.29, 0.717) is 17.9 Å². The molecule has 1 aliphatic heterocycles. The number of fused-ring (bicyclic) bond motifs is 1. The average molecular weight is 307 g/mol. The van der Waals surface area contributed by atoms with Crippen molar-refractivity contribution in [3.63, 3.8) is 0 Å². The molecule has 2 nitrogen and oxygen atoms in total. The number of hydrogen-bond acceptors (Lipinski definition) is 2. The Kier molecular flexibility index (Phi) is 4.19. The molecular formula is C21H25NO. The summed E-state index contributed by atoms with van der Waals surface area (Å²) in [5, 5.41) is 0. The van der Waals surface area contributed by atoms with E-state index in [1.54, 1.807) is 11.1 Å². The van der Waals surface area contributed by atoms with Crippen molar-refractivity contribution in [3.8, 4) is 0 Å². The Labute approximate surface area is 139 Å². The minimum atomic E-state index is 0.314. The third-order valence-corrected chi connectivity index (χ3v) is 5.61. The van der Waals surface area contributed by atoms with Gasteiger partial charge >= 0.3 is 0 Å². The van der Waals surface area contributed by atoms with E-state index in [4.69, 9.17) is 4.74 Å². The van der Waals surface area contributed by atoms with Crippen molar-refractivity contribution < 1.29 is 4.74 Å². The molecule has 3 atom stereocenters.